The number of hydrogen-bond acceptors (Lipinski definition) is 2. The van der Waals surface area contributed by atoms with Crippen molar-refractivity contribution in [3.05, 3.63) is 57.0 Å². The van der Waals surface area contributed by atoms with Crippen molar-refractivity contribution in [1.29, 1.82) is 0 Å². The van der Waals surface area contributed by atoms with E-state index in [0.29, 0.717) is 19.4 Å². The van der Waals surface area contributed by atoms with E-state index in [1.165, 1.54) is 5.56 Å². The number of nitrogens with one attached hydrogen (secondary N) is 1. The summed E-state index contributed by atoms with van der Waals surface area (Å²) in [5, 5.41) is 2.86. The standard InChI is InChI=1S/C17H17Br2NO2/c1-12-4-9-16(15(19)11-12)22-10-2-3-17(21)20-14-7-5-13(18)6-8-14/h4-9,11H,2-3,10H2,1H3,(H,20,21). The summed E-state index contributed by atoms with van der Waals surface area (Å²) in [6.45, 7) is 2.54. The molecule has 1 N–H and O–H groups in total. The van der Waals surface area contributed by atoms with Crippen LogP contribution in [0.1, 0.15) is 18.4 Å². The number of rotatable bonds is 6. The van der Waals surface area contributed by atoms with Crippen molar-refractivity contribution < 1.29 is 9.53 Å². The fourth-order valence-electron chi connectivity index (χ4n) is 1.89. The summed E-state index contributed by atoms with van der Waals surface area (Å²) >= 11 is 6.83. The second-order valence-electron chi connectivity index (χ2n) is 4.94. The largest absolute Gasteiger partial charge is 0.492 e. The van der Waals surface area contributed by atoms with Crippen LogP contribution in [0, 0.1) is 6.92 Å². The first kappa shape index (κ1) is 17.0. The highest BCUT2D eigenvalue weighted by Gasteiger charge is 2.04. The first-order valence-electron chi connectivity index (χ1n) is 6.99. The molecule has 0 aromatic heterocycles. The van der Waals surface area contributed by atoms with Gasteiger partial charge >= 0.3 is 0 Å². The highest BCUT2D eigenvalue weighted by Crippen LogP contribution is 2.25. The molecular formula is C17H17Br2NO2. The van der Waals surface area contributed by atoms with Gasteiger partial charge in [-0.25, -0.2) is 0 Å². The van der Waals surface area contributed by atoms with Crippen molar-refractivity contribution in [2.24, 2.45) is 0 Å². The third kappa shape index (κ3) is 5.46. The molecule has 3 nitrogen and oxygen atoms in total. The van der Waals surface area contributed by atoms with Gasteiger partial charge in [0.15, 0.2) is 0 Å². The third-order valence-corrected chi connectivity index (χ3v) is 4.17. The lowest BCUT2D eigenvalue weighted by atomic mass is 10.2. The van der Waals surface area contributed by atoms with Gasteiger partial charge in [-0.05, 0) is 71.2 Å². The molecule has 0 aliphatic rings. The van der Waals surface area contributed by atoms with Gasteiger partial charge in [0.05, 0.1) is 11.1 Å². The van der Waals surface area contributed by atoms with Crippen LogP contribution in [0.3, 0.4) is 0 Å². The number of carbonyl (C=O) groups excluding carboxylic acids is 1. The number of anilines is 1. The molecule has 0 bridgehead atoms. The van der Waals surface area contributed by atoms with E-state index in [0.717, 1.165) is 20.4 Å². The molecule has 0 saturated carbocycles. The Balaban J connectivity index is 1.72. The Labute approximate surface area is 147 Å². The Bertz CT molecular complexity index is 642. The summed E-state index contributed by atoms with van der Waals surface area (Å²) in [4.78, 5) is 11.8. The van der Waals surface area contributed by atoms with Crippen LogP contribution < -0.4 is 10.1 Å². The molecule has 1 amide bonds. The number of amides is 1. The van der Waals surface area contributed by atoms with Crippen molar-refractivity contribution in [1.82, 2.24) is 0 Å². The summed E-state index contributed by atoms with van der Waals surface area (Å²) in [6, 6.07) is 13.5. The lowest BCUT2D eigenvalue weighted by Gasteiger charge is -2.09. The summed E-state index contributed by atoms with van der Waals surface area (Å²) < 4.78 is 7.60. The van der Waals surface area contributed by atoms with Crippen LogP contribution in [-0.2, 0) is 4.79 Å². The molecule has 0 radical (unpaired) electrons. The van der Waals surface area contributed by atoms with Crippen LogP contribution in [0.5, 0.6) is 5.75 Å². The van der Waals surface area contributed by atoms with Crippen LogP contribution in [0.15, 0.2) is 51.4 Å². The minimum Gasteiger partial charge on any atom is -0.492 e. The van der Waals surface area contributed by atoms with Gasteiger partial charge in [0.2, 0.25) is 5.91 Å². The number of hydrogen-bond donors (Lipinski definition) is 1. The molecule has 2 rings (SSSR count). The Morgan fingerprint density at radius 3 is 2.55 bits per heavy atom. The first-order chi connectivity index (χ1) is 10.5. The molecule has 0 fully saturated rings. The van der Waals surface area contributed by atoms with Gasteiger partial charge in [0, 0.05) is 16.6 Å². The molecule has 2 aromatic carbocycles. The van der Waals surface area contributed by atoms with Crippen LogP contribution in [0.4, 0.5) is 5.69 Å². The highest BCUT2D eigenvalue weighted by atomic mass is 79.9. The van der Waals surface area contributed by atoms with Crippen molar-refractivity contribution in [2.45, 2.75) is 19.8 Å². The zero-order valence-electron chi connectivity index (χ0n) is 12.2. The predicted molar refractivity (Wildman–Crippen MR) is 96.4 cm³/mol. The molecule has 22 heavy (non-hydrogen) atoms. The van der Waals surface area contributed by atoms with Gasteiger partial charge in [-0.1, -0.05) is 22.0 Å². The van der Waals surface area contributed by atoms with Crippen molar-refractivity contribution in [3.8, 4) is 5.75 Å². The number of aryl methyl sites for hydroxylation is 1. The van der Waals surface area contributed by atoms with E-state index in [-0.39, 0.29) is 5.91 Å². The van der Waals surface area contributed by atoms with Crippen molar-refractivity contribution in [3.63, 3.8) is 0 Å². The minimum absolute atomic E-state index is 0.00565. The number of halogens is 2. The first-order valence-corrected chi connectivity index (χ1v) is 8.57. The van der Waals surface area contributed by atoms with Crippen LogP contribution in [0.25, 0.3) is 0 Å². The molecule has 0 atom stereocenters. The number of benzene rings is 2. The van der Waals surface area contributed by atoms with E-state index in [9.17, 15) is 4.79 Å². The Morgan fingerprint density at radius 2 is 1.86 bits per heavy atom. The molecule has 0 aliphatic carbocycles. The second-order valence-corrected chi connectivity index (χ2v) is 6.71. The monoisotopic (exact) mass is 425 g/mol. The zero-order chi connectivity index (χ0) is 15.9. The lowest BCUT2D eigenvalue weighted by Crippen LogP contribution is -2.12. The van der Waals surface area contributed by atoms with Gasteiger partial charge in [-0.3, -0.25) is 4.79 Å². The van der Waals surface area contributed by atoms with E-state index >= 15 is 0 Å². The average molecular weight is 427 g/mol. The minimum atomic E-state index is -0.00565. The lowest BCUT2D eigenvalue weighted by molar-refractivity contribution is -0.116. The van der Waals surface area contributed by atoms with Gasteiger partial charge in [-0.15, -0.1) is 0 Å². The molecule has 2 aromatic rings. The van der Waals surface area contributed by atoms with E-state index in [1.807, 2.05) is 49.4 Å². The normalized spacial score (nSPS) is 10.3. The Kier molecular flexibility index (Phi) is 6.46. The van der Waals surface area contributed by atoms with Gasteiger partial charge in [0.25, 0.3) is 0 Å². The molecular weight excluding hydrogens is 410 g/mol. The molecule has 0 unspecified atom stereocenters. The maximum atomic E-state index is 11.8. The maximum Gasteiger partial charge on any atom is 0.224 e. The average Bonchev–Trinajstić information content (AvgIpc) is 2.48. The van der Waals surface area contributed by atoms with E-state index in [4.69, 9.17) is 4.74 Å². The molecule has 0 heterocycles. The van der Waals surface area contributed by atoms with Gasteiger partial charge in [0.1, 0.15) is 5.75 Å². The van der Waals surface area contributed by atoms with Crippen LogP contribution >= 0.6 is 31.9 Å². The second kappa shape index (κ2) is 8.34. The topological polar surface area (TPSA) is 38.3 Å². The van der Waals surface area contributed by atoms with Crippen LogP contribution in [-0.4, -0.2) is 12.5 Å². The quantitative estimate of drug-likeness (QED) is 0.635. The predicted octanol–water partition coefficient (Wildman–Crippen LogP) is 5.32. The van der Waals surface area contributed by atoms with Gasteiger partial charge < -0.3 is 10.1 Å². The SMILES string of the molecule is Cc1ccc(OCCCC(=O)Nc2ccc(Br)cc2)c(Br)c1. The molecule has 0 aliphatic heterocycles. The highest BCUT2D eigenvalue weighted by molar-refractivity contribution is 9.10. The summed E-state index contributed by atoms with van der Waals surface area (Å²) in [7, 11) is 0. The summed E-state index contributed by atoms with van der Waals surface area (Å²) in [5.41, 5.74) is 1.98. The molecule has 0 spiro atoms. The van der Waals surface area contributed by atoms with Crippen molar-refractivity contribution >= 4 is 43.5 Å². The summed E-state index contributed by atoms with van der Waals surface area (Å²) in [6.07, 6.45) is 1.10. The van der Waals surface area contributed by atoms with Crippen LogP contribution in [0.2, 0.25) is 0 Å². The fourth-order valence-corrected chi connectivity index (χ4v) is 2.77. The Morgan fingerprint density at radius 1 is 1.14 bits per heavy atom. The Hall–Kier alpha value is -1.33. The zero-order valence-corrected chi connectivity index (χ0v) is 15.4. The molecule has 5 heteroatoms. The van der Waals surface area contributed by atoms with Crippen molar-refractivity contribution in [2.75, 3.05) is 11.9 Å². The van der Waals surface area contributed by atoms with Gasteiger partial charge in [-0.2, -0.15) is 0 Å². The summed E-state index contributed by atoms with van der Waals surface area (Å²) in [5.74, 6) is 0.799. The fraction of sp³-hybridized carbons (Fsp3) is 0.235. The van der Waals surface area contributed by atoms with E-state index < -0.39 is 0 Å². The third-order valence-electron chi connectivity index (χ3n) is 3.02. The van der Waals surface area contributed by atoms with E-state index in [1.54, 1.807) is 0 Å². The molecule has 0 saturated heterocycles. The maximum absolute atomic E-state index is 11.8. The smallest absolute Gasteiger partial charge is 0.224 e. The van der Waals surface area contributed by atoms with E-state index in [2.05, 4.69) is 37.2 Å². The number of ether oxygens (including phenoxy) is 1. The number of carbonyl (C=O) groups is 1. The molecule has 116 valence electrons.